The van der Waals surface area contributed by atoms with Crippen molar-refractivity contribution in [2.45, 2.75) is 25.6 Å². The predicted octanol–water partition coefficient (Wildman–Crippen LogP) is 5.10. The molecule has 3 rings (SSSR count). The number of ether oxygens (including phenoxy) is 3. The Morgan fingerprint density at radius 1 is 1.03 bits per heavy atom. The number of esters is 1. The minimum atomic E-state index is -2.02. The van der Waals surface area contributed by atoms with Crippen LogP contribution in [0.4, 0.5) is 0 Å². The first kappa shape index (κ1) is 24.2. The van der Waals surface area contributed by atoms with Gasteiger partial charge in [0.2, 0.25) is 11.5 Å². The monoisotopic (exact) mass is 469 g/mol. The van der Waals surface area contributed by atoms with E-state index in [9.17, 15) is 14.7 Å². The van der Waals surface area contributed by atoms with Crippen LogP contribution < -0.4 is 4.74 Å². The van der Waals surface area contributed by atoms with Crippen LogP contribution in [-0.4, -0.2) is 36.2 Å². The van der Waals surface area contributed by atoms with Crippen molar-refractivity contribution in [1.82, 2.24) is 4.98 Å². The zero-order valence-electron chi connectivity index (χ0n) is 18.5. The second-order valence-corrected chi connectivity index (χ2v) is 7.62. The molecule has 1 N–H and O–H groups in total. The molecule has 0 aliphatic carbocycles. The molecular formula is C25H24ClNO6. The summed E-state index contributed by atoms with van der Waals surface area (Å²) in [5, 5.41) is 10.2. The Balaban J connectivity index is 2.02. The van der Waals surface area contributed by atoms with Gasteiger partial charge in [0.05, 0.1) is 19.3 Å². The molecule has 172 valence electrons. The van der Waals surface area contributed by atoms with Gasteiger partial charge in [0, 0.05) is 18.2 Å². The van der Waals surface area contributed by atoms with Gasteiger partial charge in [-0.1, -0.05) is 61.0 Å². The molecule has 1 heterocycles. The molecule has 8 heteroatoms. The molecule has 0 amide bonds. The first-order chi connectivity index (χ1) is 15.9. The van der Waals surface area contributed by atoms with Crippen LogP contribution in [-0.2, 0) is 26.5 Å². The summed E-state index contributed by atoms with van der Waals surface area (Å²) >= 11 is 6.13. The molecule has 2 aromatic carbocycles. The molecule has 1 aromatic heterocycles. The number of carboxylic acids is 1. The van der Waals surface area contributed by atoms with E-state index in [-0.39, 0.29) is 35.2 Å². The SMILES string of the molecule is CC[C@](OC(=O)c1ccc(-c2ccccc2)cc1)(C(=O)O)c1cc(Cl)nc(OC)c1COC. The van der Waals surface area contributed by atoms with E-state index < -0.39 is 17.5 Å². The molecule has 0 aliphatic heterocycles. The van der Waals surface area contributed by atoms with Crippen molar-refractivity contribution in [2.24, 2.45) is 0 Å². The van der Waals surface area contributed by atoms with E-state index in [1.165, 1.54) is 20.3 Å². The van der Waals surface area contributed by atoms with E-state index >= 15 is 0 Å². The van der Waals surface area contributed by atoms with E-state index in [1.54, 1.807) is 31.2 Å². The normalized spacial score (nSPS) is 12.6. The maximum Gasteiger partial charge on any atom is 0.352 e. The summed E-state index contributed by atoms with van der Waals surface area (Å²) in [4.78, 5) is 29.6. The molecular weight excluding hydrogens is 446 g/mol. The number of aliphatic carboxylic acids is 1. The van der Waals surface area contributed by atoms with Crippen LogP contribution in [0.1, 0.15) is 34.8 Å². The van der Waals surface area contributed by atoms with Gasteiger partial charge in [-0.2, -0.15) is 0 Å². The lowest BCUT2D eigenvalue weighted by molar-refractivity contribution is -0.161. The van der Waals surface area contributed by atoms with E-state index in [2.05, 4.69) is 4.98 Å². The van der Waals surface area contributed by atoms with Gasteiger partial charge in [-0.25, -0.2) is 14.6 Å². The quantitative estimate of drug-likeness (QED) is 0.344. The van der Waals surface area contributed by atoms with Crippen molar-refractivity contribution < 1.29 is 28.9 Å². The summed E-state index contributed by atoms with van der Waals surface area (Å²) in [5.41, 5.74) is 0.581. The molecule has 0 fully saturated rings. The number of hydrogen-bond donors (Lipinski definition) is 1. The van der Waals surface area contributed by atoms with E-state index in [1.807, 2.05) is 30.3 Å². The summed E-state index contributed by atoms with van der Waals surface area (Å²) in [6.45, 7) is 1.60. The highest BCUT2D eigenvalue weighted by molar-refractivity contribution is 6.29. The van der Waals surface area contributed by atoms with Crippen LogP contribution in [0.2, 0.25) is 5.15 Å². The zero-order valence-corrected chi connectivity index (χ0v) is 19.3. The van der Waals surface area contributed by atoms with Gasteiger partial charge in [0.1, 0.15) is 5.15 Å². The summed E-state index contributed by atoms with van der Waals surface area (Å²) in [7, 11) is 2.84. The van der Waals surface area contributed by atoms with Gasteiger partial charge >= 0.3 is 11.9 Å². The molecule has 7 nitrogen and oxygen atoms in total. The average molecular weight is 470 g/mol. The van der Waals surface area contributed by atoms with Crippen LogP contribution >= 0.6 is 11.6 Å². The molecule has 33 heavy (non-hydrogen) atoms. The van der Waals surface area contributed by atoms with Gasteiger partial charge in [0.15, 0.2) is 0 Å². The fourth-order valence-electron chi connectivity index (χ4n) is 3.61. The van der Waals surface area contributed by atoms with Crippen molar-refractivity contribution in [3.8, 4) is 17.0 Å². The van der Waals surface area contributed by atoms with Gasteiger partial charge in [-0.15, -0.1) is 0 Å². The van der Waals surface area contributed by atoms with Crippen LogP contribution in [0, 0.1) is 0 Å². The molecule has 1 atom stereocenters. The zero-order chi connectivity index (χ0) is 24.0. The number of benzene rings is 2. The van der Waals surface area contributed by atoms with Crippen LogP contribution in [0.15, 0.2) is 60.7 Å². The highest BCUT2D eigenvalue weighted by atomic mass is 35.5. The summed E-state index contributed by atoms with van der Waals surface area (Å²) in [5.74, 6) is -2.03. The highest BCUT2D eigenvalue weighted by Gasteiger charge is 2.46. The van der Waals surface area contributed by atoms with E-state index in [0.717, 1.165) is 11.1 Å². The second-order valence-electron chi connectivity index (χ2n) is 7.23. The molecule has 0 radical (unpaired) electrons. The Bertz CT molecular complexity index is 1130. The second kappa shape index (κ2) is 10.5. The predicted molar refractivity (Wildman–Crippen MR) is 123 cm³/mol. The van der Waals surface area contributed by atoms with Gasteiger partial charge in [-0.3, -0.25) is 0 Å². The smallest absolute Gasteiger partial charge is 0.352 e. The van der Waals surface area contributed by atoms with Crippen molar-refractivity contribution in [3.63, 3.8) is 0 Å². The Kier molecular flexibility index (Phi) is 7.68. The number of aromatic nitrogens is 1. The first-order valence-electron chi connectivity index (χ1n) is 10.2. The third-order valence-corrected chi connectivity index (χ3v) is 5.50. The molecule has 0 saturated heterocycles. The fraction of sp³-hybridized carbons (Fsp3) is 0.240. The molecule has 0 bridgehead atoms. The van der Waals surface area contributed by atoms with Crippen LogP contribution in [0.3, 0.4) is 0 Å². The van der Waals surface area contributed by atoms with E-state index in [4.69, 9.17) is 25.8 Å². The van der Waals surface area contributed by atoms with E-state index in [0.29, 0.717) is 5.56 Å². The lowest BCUT2D eigenvalue weighted by Crippen LogP contribution is -2.41. The Labute approximate surface area is 196 Å². The number of nitrogens with zero attached hydrogens (tertiary/aromatic N) is 1. The molecule has 3 aromatic rings. The fourth-order valence-corrected chi connectivity index (χ4v) is 3.79. The Hall–Kier alpha value is -3.42. The number of hydrogen-bond acceptors (Lipinski definition) is 6. The Morgan fingerprint density at radius 2 is 1.67 bits per heavy atom. The third-order valence-electron chi connectivity index (χ3n) is 5.31. The summed E-state index contributed by atoms with van der Waals surface area (Å²) in [6, 6.07) is 17.8. The lowest BCUT2D eigenvalue weighted by Gasteiger charge is -2.31. The molecule has 0 saturated carbocycles. The number of carbonyl (C=O) groups excluding carboxylic acids is 1. The third kappa shape index (κ3) is 4.99. The molecule has 0 unspecified atom stereocenters. The van der Waals surface area contributed by atoms with Gasteiger partial charge < -0.3 is 19.3 Å². The number of carbonyl (C=O) groups is 2. The largest absolute Gasteiger partial charge is 0.481 e. The van der Waals surface area contributed by atoms with Gasteiger partial charge in [-0.05, 0) is 35.7 Å². The van der Waals surface area contributed by atoms with Crippen molar-refractivity contribution >= 4 is 23.5 Å². The molecule has 0 aliphatic rings. The maximum absolute atomic E-state index is 13.1. The number of pyridine rings is 1. The van der Waals surface area contributed by atoms with Gasteiger partial charge in [0.25, 0.3) is 0 Å². The Morgan fingerprint density at radius 3 is 2.21 bits per heavy atom. The minimum Gasteiger partial charge on any atom is -0.481 e. The van der Waals surface area contributed by atoms with Crippen LogP contribution in [0.25, 0.3) is 11.1 Å². The summed E-state index contributed by atoms with van der Waals surface area (Å²) in [6.07, 6.45) is -0.0591. The number of halogens is 1. The van der Waals surface area contributed by atoms with Crippen molar-refractivity contribution in [1.29, 1.82) is 0 Å². The molecule has 0 spiro atoms. The van der Waals surface area contributed by atoms with Crippen molar-refractivity contribution in [3.05, 3.63) is 82.5 Å². The highest BCUT2D eigenvalue weighted by Crippen LogP contribution is 2.38. The van der Waals surface area contributed by atoms with Crippen molar-refractivity contribution in [2.75, 3.05) is 14.2 Å². The number of rotatable bonds is 9. The average Bonchev–Trinajstić information content (AvgIpc) is 2.83. The minimum absolute atomic E-state index is 0.00374. The standard InChI is InChI=1S/C25H24ClNO6/c1-4-25(24(29)30,20-14-21(26)27-22(32-3)19(20)15-31-2)33-23(28)18-12-10-17(11-13-18)16-8-6-5-7-9-16/h5-14H,4,15H2,1-3H3,(H,29,30)/t25-/m1/s1. The first-order valence-corrected chi connectivity index (χ1v) is 10.6. The number of methoxy groups -OCH3 is 2. The van der Waals surface area contributed by atoms with Crippen LogP contribution in [0.5, 0.6) is 5.88 Å². The number of carboxylic acid groups (broad SMARTS) is 1. The topological polar surface area (TPSA) is 95.0 Å². The maximum atomic E-state index is 13.1. The lowest BCUT2D eigenvalue weighted by atomic mass is 9.87. The summed E-state index contributed by atoms with van der Waals surface area (Å²) < 4.78 is 16.2.